The molecule has 0 saturated heterocycles. The van der Waals surface area contributed by atoms with Crippen LogP contribution in [0.15, 0.2) is 48.7 Å². The number of aromatic nitrogens is 1. The van der Waals surface area contributed by atoms with Crippen LogP contribution in [0.5, 0.6) is 5.75 Å². The number of ether oxygens (including phenoxy) is 1. The van der Waals surface area contributed by atoms with Gasteiger partial charge in [-0.15, -0.1) is 0 Å². The number of anilines is 1. The van der Waals surface area contributed by atoms with Crippen LogP contribution >= 0.6 is 0 Å². The van der Waals surface area contributed by atoms with Crippen LogP contribution in [0.3, 0.4) is 0 Å². The van der Waals surface area contributed by atoms with E-state index in [-0.39, 0.29) is 6.61 Å². The van der Waals surface area contributed by atoms with Crippen LogP contribution in [0.2, 0.25) is 0 Å². The Labute approximate surface area is 121 Å². The molecule has 0 saturated carbocycles. The minimum atomic E-state index is -0.801. The first-order chi connectivity index (χ1) is 10.2. The molecule has 0 bridgehead atoms. The molecule has 108 valence electrons. The van der Waals surface area contributed by atoms with E-state index >= 15 is 0 Å². The lowest BCUT2D eigenvalue weighted by atomic mass is 9.99. The number of nitrogens with one attached hydrogen (secondary N) is 2. The highest BCUT2D eigenvalue weighted by Crippen LogP contribution is 2.31. The quantitative estimate of drug-likeness (QED) is 0.784. The molecule has 0 spiro atoms. The number of urea groups is 1. The second-order valence-electron chi connectivity index (χ2n) is 4.71. The average Bonchev–Trinajstić information content (AvgIpc) is 2.51. The number of para-hydroxylation sites is 1. The largest absolute Gasteiger partial charge is 0.491 e. The van der Waals surface area contributed by atoms with Gasteiger partial charge in [0.25, 0.3) is 0 Å². The molecule has 3 rings (SSSR count). The number of amides is 2. The topological polar surface area (TPSA) is 83.5 Å². The number of carbonyl (C=O) groups is 1. The van der Waals surface area contributed by atoms with Crippen molar-refractivity contribution in [2.75, 3.05) is 11.9 Å². The third-order valence-electron chi connectivity index (χ3n) is 3.26. The molecule has 2 amide bonds. The van der Waals surface area contributed by atoms with Crippen LogP contribution in [0.4, 0.5) is 10.6 Å². The fourth-order valence-electron chi connectivity index (χ4n) is 2.22. The van der Waals surface area contributed by atoms with Gasteiger partial charge in [0.15, 0.2) is 0 Å². The fourth-order valence-corrected chi connectivity index (χ4v) is 2.22. The van der Waals surface area contributed by atoms with Gasteiger partial charge in [-0.05, 0) is 18.2 Å². The first kappa shape index (κ1) is 13.4. The summed E-state index contributed by atoms with van der Waals surface area (Å²) >= 11 is 0. The Morgan fingerprint density at radius 3 is 2.86 bits per heavy atom. The zero-order chi connectivity index (χ0) is 14.7. The summed E-state index contributed by atoms with van der Waals surface area (Å²) in [6.07, 6.45) is 0.786. The molecule has 6 nitrogen and oxygen atoms in total. The number of fused-ring (bicyclic) bond motifs is 1. The summed E-state index contributed by atoms with van der Waals surface area (Å²) in [7, 11) is 0. The van der Waals surface area contributed by atoms with Crippen molar-refractivity contribution in [1.82, 2.24) is 10.3 Å². The van der Waals surface area contributed by atoms with Crippen molar-refractivity contribution in [3.05, 3.63) is 54.2 Å². The Morgan fingerprint density at radius 2 is 2.05 bits per heavy atom. The van der Waals surface area contributed by atoms with Gasteiger partial charge in [0.2, 0.25) is 0 Å². The highest BCUT2D eigenvalue weighted by atomic mass is 16.5. The summed E-state index contributed by atoms with van der Waals surface area (Å²) in [4.78, 5) is 15.9. The molecule has 1 aromatic heterocycles. The molecule has 2 unspecified atom stereocenters. The molecule has 2 aromatic rings. The summed E-state index contributed by atoms with van der Waals surface area (Å²) < 4.78 is 5.54. The summed E-state index contributed by atoms with van der Waals surface area (Å²) in [5, 5.41) is 15.6. The maximum Gasteiger partial charge on any atom is 0.320 e. The lowest BCUT2D eigenvalue weighted by Gasteiger charge is -2.30. The number of pyridine rings is 1. The Balaban J connectivity index is 1.65. The van der Waals surface area contributed by atoms with Crippen molar-refractivity contribution < 1.29 is 14.6 Å². The van der Waals surface area contributed by atoms with Crippen LogP contribution in [0, 0.1) is 0 Å². The van der Waals surface area contributed by atoms with E-state index in [1.807, 2.05) is 12.1 Å². The van der Waals surface area contributed by atoms with Gasteiger partial charge in [0.1, 0.15) is 24.3 Å². The van der Waals surface area contributed by atoms with Gasteiger partial charge in [0, 0.05) is 11.8 Å². The molecule has 2 atom stereocenters. The first-order valence-electron chi connectivity index (χ1n) is 6.62. The summed E-state index contributed by atoms with van der Waals surface area (Å²) in [6.45, 7) is 0.216. The normalized spacial score (nSPS) is 20.0. The van der Waals surface area contributed by atoms with Crippen LogP contribution in [-0.2, 0) is 0 Å². The van der Waals surface area contributed by atoms with E-state index < -0.39 is 18.2 Å². The van der Waals surface area contributed by atoms with Crippen LogP contribution < -0.4 is 15.4 Å². The van der Waals surface area contributed by atoms with Gasteiger partial charge in [-0.1, -0.05) is 24.3 Å². The first-order valence-corrected chi connectivity index (χ1v) is 6.62. The third-order valence-corrected chi connectivity index (χ3v) is 3.26. The van der Waals surface area contributed by atoms with Crippen molar-refractivity contribution in [3.8, 4) is 5.75 Å². The lowest BCUT2D eigenvalue weighted by molar-refractivity contribution is 0.0786. The van der Waals surface area contributed by atoms with Crippen molar-refractivity contribution >= 4 is 11.8 Å². The Morgan fingerprint density at radius 1 is 1.24 bits per heavy atom. The van der Waals surface area contributed by atoms with Crippen LogP contribution in [0.1, 0.15) is 11.7 Å². The number of hydrogen-bond acceptors (Lipinski definition) is 4. The molecule has 1 aliphatic heterocycles. The molecule has 0 aliphatic carbocycles. The predicted molar refractivity (Wildman–Crippen MR) is 77.1 cm³/mol. The summed E-state index contributed by atoms with van der Waals surface area (Å²) in [6, 6.07) is 11.5. The van der Waals surface area contributed by atoms with E-state index in [0.717, 1.165) is 0 Å². The summed E-state index contributed by atoms with van der Waals surface area (Å²) in [5.74, 6) is 1.09. The average molecular weight is 285 g/mol. The molecular formula is C15H15N3O3. The maximum absolute atomic E-state index is 11.9. The van der Waals surface area contributed by atoms with Crippen molar-refractivity contribution in [2.45, 2.75) is 12.1 Å². The molecule has 0 fully saturated rings. The van der Waals surface area contributed by atoms with E-state index in [9.17, 15) is 9.90 Å². The molecule has 21 heavy (non-hydrogen) atoms. The zero-order valence-corrected chi connectivity index (χ0v) is 11.2. The molecule has 1 aromatic carbocycles. The standard InChI is InChI=1S/C15H15N3O3/c19-14-10-5-1-2-6-12(10)21-9-11(14)17-15(20)18-13-7-3-4-8-16-13/h1-8,11,14,19H,9H2,(H2,16,17,18,20). The number of carbonyl (C=O) groups excluding carboxylic acids is 1. The number of rotatable bonds is 2. The minimum Gasteiger partial charge on any atom is -0.491 e. The third kappa shape index (κ3) is 2.95. The summed E-state index contributed by atoms with van der Waals surface area (Å²) in [5.41, 5.74) is 0.673. The zero-order valence-electron chi connectivity index (χ0n) is 11.2. The highest BCUT2D eigenvalue weighted by Gasteiger charge is 2.30. The van der Waals surface area contributed by atoms with E-state index in [0.29, 0.717) is 17.1 Å². The Bertz CT molecular complexity index is 633. The molecule has 3 N–H and O–H groups in total. The maximum atomic E-state index is 11.9. The number of nitrogens with zero attached hydrogens (tertiary/aromatic N) is 1. The van der Waals surface area contributed by atoms with Crippen molar-refractivity contribution in [1.29, 1.82) is 0 Å². The Hall–Kier alpha value is -2.60. The number of aliphatic hydroxyl groups excluding tert-OH is 1. The monoisotopic (exact) mass is 285 g/mol. The molecular weight excluding hydrogens is 270 g/mol. The van der Waals surface area contributed by atoms with Crippen LogP contribution in [-0.4, -0.2) is 28.8 Å². The van der Waals surface area contributed by atoms with Gasteiger partial charge >= 0.3 is 6.03 Å². The molecule has 1 aliphatic rings. The van der Waals surface area contributed by atoms with Gasteiger partial charge in [-0.25, -0.2) is 9.78 Å². The van der Waals surface area contributed by atoms with Gasteiger partial charge < -0.3 is 15.2 Å². The fraction of sp³-hybridized carbons (Fsp3) is 0.200. The van der Waals surface area contributed by atoms with Gasteiger partial charge in [-0.2, -0.15) is 0 Å². The SMILES string of the molecule is O=C(Nc1ccccn1)NC1COc2ccccc2C1O. The van der Waals surface area contributed by atoms with Crippen molar-refractivity contribution in [2.24, 2.45) is 0 Å². The number of hydrogen-bond donors (Lipinski definition) is 3. The minimum absolute atomic E-state index is 0.216. The smallest absolute Gasteiger partial charge is 0.320 e. The van der Waals surface area contributed by atoms with Crippen LogP contribution in [0.25, 0.3) is 0 Å². The molecule has 6 heteroatoms. The molecule has 2 heterocycles. The van der Waals surface area contributed by atoms with E-state index in [1.165, 1.54) is 0 Å². The predicted octanol–water partition coefficient (Wildman–Crippen LogP) is 1.70. The second kappa shape index (κ2) is 5.80. The molecule has 0 radical (unpaired) electrons. The van der Waals surface area contributed by atoms with E-state index in [2.05, 4.69) is 15.6 Å². The highest BCUT2D eigenvalue weighted by molar-refractivity contribution is 5.88. The van der Waals surface area contributed by atoms with Gasteiger partial charge in [0.05, 0.1) is 6.04 Å². The Kier molecular flexibility index (Phi) is 3.70. The van der Waals surface area contributed by atoms with E-state index in [4.69, 9.17) is 4.74 Å². The number of aliphatic hydroxyl groups is 1. The van der Waals surface area contributed by atoms with Gasteiger partial charge in [-0.3, -0.25) is 5.32 Å². The lowest BCUT2D eigenvalue weighted by Crippen LogP contribution is -2.47. The number of benzene rings is 1. The van der Waals surface area contributed by atoms with Crippen molar-refractivity contribution in [3.63, 3.8) is 0 Å². The van der Waals surface area contributed by atoms with E-state index in [1.54, 1.807) is 36.5 Å². The second-order valence-corrected chi connectivity index (χ2v) is 4.71.